The first-order valence-electron chi connectivity index (χ1n) is 8.83. The lowest BCUT2D eigenvalue weighted by atomic mass is 10.0. The van der Waals surface area contributed by atoms with Gasteiger partial charge >= 0.3 is 0 Å². The van der Waals surface area contributed by atoms with Crippen molar-refractivity contribution in [2.24, 2.45) is 5.92 Å². The fourth-order valence-corrected chi connectivity index (χ4v) is 3.02. The van der Waals surface area contributed by atoms with E-state index in [9.17, 15) is 25.2 Å². The molecule has 27 heavy (non-hydrogen) atoms. The molecule has 5 atom stereocenters. The third-order valence-corrected chi connectivity index (χ3v) is 4.51. The number of fused-ring (bicyclic) bond motifs is 1. The van der Waals surface area contributed by atoms with Crippen LogP contribution in [0.4, 0.5) is 5.95 Å². The summed E-state index contributed by atoms with van der Waals surface area (Å²) in [5.41, 5.74) is -0.133. The van der Waals surface area contributed by atoms with Crippen LogP contribution in [0.5, 0.6) is 0 Å². The number of aromatic amines is 1. The molecule has 0 saturated carbocycles. The van der Waals surface area contributed by atoms with Crippen molar-refractivity contribution in [3.8, 4) is 0 Å². The van der Waals surface area contributed by atoms with E-state index < -0.39 is 42.8 Å². The van der Waals surface area contributed by atoms with E-state index in [1.165, 1.54) is 10.9 Å². The maximum Gasteiger partial charge on any atom is 0.278 e. The quantitative estimate of drug-likeness (QED) is 0.362. The summed E-state index contributed by atoms with van der Waals surface area (Å²) < 4.78 is 7.02. The van der Waals surface area contributed by atoms with Gasteiger partial charge in [-0.2, -0.15) is 4.98 Å². The van der Waals surface area contributed by atoms with E-state index in [-0.39, 0.29) is 17.6 Å². The number of rotatable bonds is 5. The fourth-order valence-electron chi connectivity index (χ4n) is 3.02. The molecule has 0 aromatic carbocycles. The Hall–Kier alpha value is -2.05. The first-order valence-corrected chi connectivity index (χ1v) is 8.83. The summed E-state index contributed by atoms with van der Waals surface area (Å²) in [6, 6.07) is 0. The van der Waals surface area contributed by atoms with Gasteiger partial charge in [0.25, 0.3) is 5.56 Å². The zero-order valence-corrected chi connectivity index (χ0v) is 15.1. The molecule has 3 rings (SSSR count). The number of aromatic nitrogens is 4. The van der Waals surface area contributed by atoms with Crippen LogP contribution in [-0.4, -0.2) is 77.5 Å². The molecular weight excluding hydrogens is 358 g/mol. The normalized spacial score (nSPS) is 29.2. The summed E-state index contributed by atoms with van der Waals surface area (Å²) in [6.45, 7) is 4.11. The lowest BCUT2D eigenvalue weighted by Crippen LogP contribution is -2.44. The second kappa shape index (κ2) is 7.90. The summed E-state index contributed by atoms with van der Waals surface area (Å²) >= 11 is 0. The molecule has 6 N–H and O–H groups in total. The second-order valence-corrected chi connectivity index (χ2v) is 7.11. The van der Waals surface area contributed by atoms with Crippen molar-refractivity contribution >= 4 is 17.1 Å². The van der Waals surface area contributed by atoms with Crippen LogP contribution in [0.3, 0.4) is 0 Å². The molecule has 0 aliphatic carbocycles. The Morgan fingerprint density at radius 2 is 2.11 bits per heavy atom. The Balaban J connectivity index is 1.95. The summed E-state index contributed by atoms with van der Waals surface area (Å²) in [5, 5.41) is 42.5. The van der Waals surface area contributed by atoms with Gasteiger partial charge in [-0.25, -0.2) is 4.98 Å². The van der Waals surface area contributed by atoms with Crippen LogP contribution in [0, 0.1) is 5.92 Å². The highest BCUT2D eigenvalue weighted by molar-refractivity contribution is 5.71. The topological polar surface area (TPSA) is 166 Å². The molecule has 1 saturated heterocycles. The van der Waals surface area contributed by atoms with E-state index in [1.54, 1.807) is 0 Å². The van der Waals surface area contributed by atoms with Crippen LogP contribution in [0.1, 0.15) is 26.5 Å². The van der Waals surface area contributed by atoms with Crippen LogP contribution in [-0.2, 0) is 4.74 Å². The molecular formula is C16H25N5O6. The summed E-state index contributed by atoms with van der Waals surface area (Å²) in [7, 11) is 0. The number of H-pyrrole nitrogens is 1. The molecule has 11 heteroatoms. The fraction of sp³-hybridized carbons (Fsp3) is 0.688. The lowest BCUT2D eigenvalue weighted by Gasteiger charge is -2.24. The van der Waals surface area contributed by atoms with Gasteiger partial charge in [0, 0.05) is 13.0 Å². The van der Waals surface area contributed by atoms with E-state index >= 15 is 0 Å². The van der Waals surface area contributed by atoms with Gasteiger partial charge in [-0.05, 0) is 5.92 Å². The number of imidazole rings is 1. The van der Waals surface area contributed by atoms with Crippen molar-refractivity contribution in [3.63, 3.8) is 0 Å². The molecule has 1 unspecified atom stereocenters. The highest BCUT2D eigenvalue weighted by atomic mass is 16.5. The molecule has 0 spiro atoms. The average Bonchev–Trinajstić information content (AvgIpc) is 3.02. The van der Waals surface area contributed by atoms with Gasteiger partial charge in [-0.15, -0.1) is 0 Å². The summed E-state index contributed by atoms with van der Waals surface area (Å²) in [6.07, 6.45) is -5.07. The van der Waals surface area contributed by atoms with Gasteiger partial charge in [0.1, 0.15) is 24.5 Å². The van der Waals surface area contributed by atoms with Gasteiger partial charge in [0.2, 0.25) is 5.95 Å². The Morgan fingerprint density at radius 1 is 1.37 bits per heavy atom. The standard InChI is InChI=1S/C16H25N5O6/c1-7(2)4-17-16-19-14-11(15(26)20-16)21(6-18-14)10-3-8(23)12(24)13(25)9(5-22)27-10/h6-10,12-13,22-25H,3-5H2,1-2H3,(H2,17,19,20,26)/t8-,9+,10?,12+,13+/m0/s1. The second-order valence-electron chi connectivity index (χ2n) is 7.11. The summed E-state index contributed by atoms with van der Waals surface area (Å²) in [5.74, 6) is 0.657. The molecule has 11 nitrogen and oxygen atoms in total. The maximum atomic E-state index is 12.6. The minimum Gasteiger partial charge on any atom is -0.394 e. The number of hydrogen-bond donors (Lipinski definition) is 6. The molecule has 1 aliphatic heterocycles. The van der Waals surface area contributed by atoms with Crippen molar-refractivity contribution in [3.05, 3.63) is 16.7 Å². The largest absolute Gasteiger partial charge is 0.394 e. The van der Waals surface area contributed by atoms with Crippen molar-refractivity contribution in [1.82, 2.24) is 19.5 Å². The molecule has 0 amide bonds. The van der Waals surface area contributed by atoms with Crippen molar-refractivity contribution in [2.75, 3.05) is 18.5 Å². The van der Waals surface area contributed by atoms with Crippen molar-refractivity contribution in [2.45, 2.75) is 50.9 Å². The van der Waals surface area contributed by atoms with Crippen molar-refractivity contribution in [1.29, 1.82) is 0 Å². The molecule has 2 aromatic heterocycles. The monoisotopic (exact) mass is 383 g/mol. The van der Waals surface area contributed by atoms with E-state index in [2.05, 4.69) is 20.3 Å². The van der Waals surface area contributed by atoms with Gasteiger partial charge in [0.15, 0.2) is 11.2 Å². The van der Waals surface area contributed by atoms with Crippen LogP contribution >= 0.6 is 0 Å². The highest BCUT2D eigenvalue weighted by Gasteiger charge is 2.39. The van der Waals surface area contributed by atoms with E-state index in [1.807, 2.05) is 13.8 Å². The van der Waals surface area contributed by atoms with Gasteiger partial charge < -0.3 is 30.5 Å². The molecule has 2 aromatic rings. The van der Waals surface area contributed by atoms with Gasteiger partial charge in [-0.1, -0.05) is 13.8 Å². The molecule has 150 valence electrons. The third-order valence-electron chi connectivity index (χ3n) is 4.51. The number of aliphatic hydroxyl groups excluding tert-OH is 4. The minimum absolute atomic E-state index is 0.104. The number of nitrogens with zero attached hydrogens (tertiary/aromatic N) is 3. The zero-order valence-electron chi connectivity index (χ0n) is 15.1. The van der Waals surface area contributed by atoms with Crippen LogP contribution in [0.15, 0.2) is 11.1 Å². The third kappa shape index (κ3) is 3.96. The Morgan fingerprint density at radius 3 is 2.78 bits per heavy atom. The minimum atomic E-state index is -1.48. The Labute approximate surface area is 154 Å². The molecule has 0 radical (unpaired) electrons. The average molecular weight is 383 g/mol. The molecule has 1 aliphatic rings. The Bertz CT molecular complexity index is 836. The SMILES string of the molecule is CC(C)CNc1nc2ncn(C3C[C@H](O)[C@@H](O)[C@H](O)[C@@H](CO)O3)c2c(=O)[nH]1. The number of hydrogen-bond acceptors (Lipinski definition) is 9. The smallest absolute Gasteiger partial charge is 0.278 e. The molecule has 1 fully saturated rings. The van der Waals surface area contributed by atoms with E-state index in [0.717, 1.165) is 0 Å². The number of aliphatic hydroxyl groups is 4. The van der Waals surface area contributed by atoms with E-state index in [0.29, 0.717) is 18.4 Å². The maximum absolute atomic E-state index is 12.6. The van der Waals surface area contributed by atoms with E-state index in [4.69, 9.17) is 4.74 Å². The van der Waals surface area contributed by atoms with Crippen molar-refractivity contribution < 1.29 is 25.2 Å². The van der Waals surface area contributed by atoms with Gasteiger partial charge in [0.05, 0.1) is 19.0 Å². The van der Waals surface area contributed by atoms with Gasteiger partial charge in [-0.3, -0.25) is 14.3 Å². The van der Waals surface area contributed by atoms with Crippen LogP contribution in [0.25, 0.3) is 11.2 Å². The van der Waals surface area contributed by atoms with Crippen LogP contribution < -0.4 is 10.9 Å². The predicted octanol–water partition coefficient (Wildman–Crippen LogP) is -1.45. The number of anilines is 1. The molecule has 0 bridgehead atoms. The highest BCUT2D eigenvalue weighted by Crippen LogP contribution is 2.28. The first-order chi connectivity index (χ1) is 12.8. The predicted molar refractivity (Wildman–Crippen MR) is 95.1 cm³/mol. The zero-order chi connectivity index (χ0) is 19.7. The summed E-state index contributed by atoms with van der Waals surface area (Å²) in [4.78, 5) is 23.6. The Kier molecular flexibility index (Phi) is 5.77. The van der Waals surface area contributed by atoms with Crippen LogP contribution in [0.2, 0.25) is 0 Å². The lowest BCUT2D eigenvalue weighted by molar-refractivity contribution is -0.130. The number of ether oxygens (including phenoxy) is 1. The molecule has 3 heterocycles. The first kappa shape index (κ1) is 19.7. The number of nitrogens with one attached hydrogen (secondary N) is 2.